The van der Waals surface area contributed by atoms with Crippen molar-refractivity contribution in [2.45, 2.75) is 110 Å². The van der Waals surface area contributed by atoms with E-state index in [4.69, 9.17) is 0 Å². The molecule has 0 N–H and O–H groups in total. The average molecular weight is 558 g/mol. The lowest BCUT2D eigenvalue weighted by Gasteiger charge is -1.82. The molecule has 4 rings (SSSR count). The highest BCUT2D eigenvalue weighted by Gasteiger charge is 1.74. The molecule has 4 aromatic rings. The van der Waals surface area contributed by atoms with Gasteiger partial charge in [0.15, 0.2) is 0 Å². The molecule has 4 aromatic carbocycles. The first-order chi connectivity index (χ1) is 19.8. The summed E-state index contributed by atoms with van der Waals surface area (Å²) in [6, 6.07) is 41.0. The second-order valence-electron chi connectivity index (χ2n) is 8.61. The summed E-state index contributed by atoms with van der Waals surface area (Å²) in [6.45, 7) is 28.8. The highest BCUT2D eigenvalue weighted by atomic mass is 13.8. The maximum atomic E-state index is 2.12. The fourth-order valence-corrected chi connectivity index (χ4v) is 2.14. The van der Waals surface area contributed by atoms with Gasteiger partial charge in [0.1, 0.15) is 7.28 Å². The second-order valence-corrected chi connectivity index (χ2v) is 8.61. The van der Waals surface area contributed by atoms with E-state index in [1.54, 1.807) is 0 Å². The van der Waals surface area contributed by atoms with Crippen LogP contribution in [0, 0.1) is 27.7 Å². The largest absolute Gasteiger partial charge is 0.102 e. The van der Waals surface area contributed by atoms with E-state index in [0.717, 1.165) is 0 Å². The van der Waals surface area contributed by atoms with Gasteiger partial charge in [0.25, 0.3) is 0 Å². The van der Waals surface area contributed by atoms with Crippen molar-refractivity contribution in [1.82, 2.24) is 0 Å². The number of rotatable bonds is 0. The van der Waals surface area contributed by atoms with Gasteiger partial charge in [0.2, 0.25) is 0 Å². The number of aryl methyl sites for hydroxylation is 4. The Bertz CT molecular complexity index is 718. The molecule has 0 aromatic heterocycles. The van der Waals surface area contributed by atoms with Crippen LogP contribution in [0.2, 0.25) is 13.6 Å². The molecule has 1 radical (unpaired) electrons. The third kappa shape index (κ3) is 53.8. The van der Waals surface area contributed by atoms with Gasteiger partial charge in [-0.15, -0.1) is 0 Å². The Morgan fingerprint density at radius 1 is 0.341 bits per heavy atom. The molecular formula is C40H66B. The summed E-state index contributed by atoms with van der Waals surface area (Å²) < 4.78 is 0. The SMILES string of the molecule is CC.CC.CCC.CCC.C[B]C.Cc1ccccc1.Cc1ccccc1.Cc1ccccc1.Cc1ccccc1. The van der Waals surface area contributed by atoms with Gasteiger partial charge in [-0.1, -0.05) is 225 Å². The normalized spacial score (nSPS) is 7.46. The molecule has 0 fully saturated rings. The Hall–Kier alpha value is -3.06. The molecule has 0 saturated heterocycles. The fourth-order valence-electron chi connectivity index (χ4n) is 2.14. The molecule has 0 nitrogen and oxygen atoms in total. The van der Waals surface area contributed by atoms with Crippen molar-refractivity contribution in [3.63, 3.8) is 0 Å². The number of hydrogen-bond acceptors (Lipinski definition) is 0. The first-order valence-corrected chi connectivity index (χ1v) is 15.6. The minimum Gasteiger partial charge on any atom is -0.0922 e. The van der Waals surface area contributed by atoms with Crippen LogP contribution in [-0.4, -0.2) is 7.28 Å². The third-order valence-corrected chi connectivity index (χ3v) is 3.76. The van der Waals surface area contributed by atoms with E-state index in [1.165, 1.54) is 35.1 Å². The Morgan fingerprint density at radius 2 is 0.439 bits per heavy atom. The van der Waals surface area contributed by atoms with Crippen LogP contribution in [0.25, 0.3) is 0 Å². The first kappa shape index (κ1) is 47.7. The number of benzene rings is 4. The Labute approximate surface area is 259 Å². The molecule has 0 heterocycles. The molecule has 0 atom stereocenters. The maximum absolute atomic E-state index is 2.12. The van der Waals surface area contributed by atoms with E-state index in [2.05, 4.69) is 104 Å². The zero-order valence-corrected chi connectivity index (χ0v) is 29.5. The highest BCUT2D eigenvalue weighted by Crippen LogP contribution is 1.94. The zero-order valence-electron chi connectivity index (χ0n) is 29.5. The molecule has 0 saturated carbocycles. The summed E-state index contributed by atoms with van der Waals surface area (Å²) in [7, 11) is 2.00. The summed E-state index contributed by atoms with van der Waals surface area (Å²) in [5.74, 6) is 0. The Morgan fingerprint density at radius 3 is 0.488 bits per heavy atom. The standard InChI is InChI=1S/4C7H8.2C3H8.C2H6B.2C2H6/c4*1-7-5-3-2-4-6-7;3*1-3-2;2*1-2/h4*2-6H,1H3;2*3H2,1-2H3;1-2H3;2*1-2H3. The molecule has 0 aliphatic heterocycles. The summed E-state index contributed by atoms with van der Waals surface area (Å²) in [5.41, 5.74) is 5.29. The molecule has 0 bridgehead atoms. The van der Waals surface area contributed by atoms with Crippen molar-refractivity contribution in [3.8, 4) is 0 Å². The van der Waals surface area contributed by atoms with Crippen molar-refractivity contribution in [3.05, 3.63) is 144 Å². The minimum atomic E-state index is 1.25. The number of hydrogen-bond donors (Lipinski definition) is 0. The predicted molar refractivity (Wildman–Crippen MR) is 197 cm³/mol. The monoisotopic (exact) mass is 558 g/mol. The van der Waals surface area contributed by atoms with Crippen molar-refractivity contribution in [1.29, 1.82) is 0 Å². The molecule has 0 aliphatic carbocycles. The van der Waals surface area contributed by atoms with Gasteiger partial charge in [-0.2, -0.15) is 0 Å². The predicted octanol–water partition coefficient (Wildman–Crippen LogP) is 13.7. The van der Waals surface area contributed by atoms with Crippen LogP contribution in [0.3, 0.4) is 0 Å². The topological polar surface area (TPSA) is 0 Å². The van der Waals surface area contributed by atoms with Gasteiger partial charge < -0.3 is 0 Å². The van der Waals surface area contributed by atoms with E-state index in [1.807, 2.05) is 121 Å². The molecule has 1 heteroatoms. The average Bonchev–Trinajstić information content (AvgIpc) is 2.99. The summed E-state index contributed by atoms with van der Waals surface area (Å²) in [6.07, 6.45) is 2.50. The molecule has 0 amide bonds. The van der Waals surface area contributed by atoms with E-state index in [9.17, 15) is 0 Å². The molecule has 0 unspecified atom stereocenters. The zero-order chi connectivity index (χ0) is 32.6. The van der Waals surface area contributed by atoms with Crippen LogP contribution < -0.4 is 0 Å². The molecule has 0 aliphatic rings. The maximum Gasteiger partial charge on any atom is 0.102 e. The van der Waals surface area contributed by atoms with Crippen LogP contribution >= 0.6 is 0 Å². The Kier molecular flexibility index (Phi) is 54.4. The fraction of sp³-hybridized carbons (Fsp3) is 0.400. The van der Waals surface area contributed by atoms with Crippen molar-refractivity contribution >= 4 is 7.28 Å². The van der Waals surface area contributed by atoms with Gasteiger partial charge in [-0.05, 0) is 27.7 Å². The van der Waals surface area contributed by atoms with Gasteiger partial charge >= 0.3 is 0 Å². The van der Waals surface area contributed by atoms with E-state index in [0.29, 0.717) is 0 Å². The van der Waals surface area contributed by atoms with Crippen molar-refractivity contribution in [2.75, 3.05) is 0 Å². The minimum absolute atomic E-state index is 1.25. The van der Waals surface area contributed by atoms with Gasteiger partial charge in [0, 0.05) is 0 Å². The van der Waals surface area contributed by atoms with E-state index >= 15 is 0 Å². The Balaban J connectivity index is -0.000000124. The molecule has 0 spiro atoms. The second kappa shape index (κ2) is 46.8. The van der Waals surface area contributed by atoms with E-state index in [-0.39, 0.29) is 0 Å². The molecular weight excluding hydrogens is 491 g/mol. The van der Waals surface area contributed by atoms with Gasteiger partial charge in [-0.3, -0.25) is 0 Å². The van der Waals surface area contributed by atoms with Crippen LogP contribution in [0.15, 0.2) is 121 Å². The van der Waals surface area contributed by atoms with Gasteiger partial charge in [-0.25, -0.2) is 0 Å². The highest BCUT2D eigenvalue weighted by molar-refractivity contribution is 6.31. The smallest absolute Gasteiger partial charge is 0.0922 e. The summed E-state index contributed by atoms with van der Waals surface area (Å²) >= 11 is 0. The quantitative estimate of drug-likeness (QED) is 0.189. The van der Waals surface area contributed by atoms with Gasteiger partial charge in [0.05, 0.1) is 0 Å². The van der Waals surface area contributed by atoms with Crippen molar-refractivity contribution < 1.29 is 0 Å². The third-order valence-electron chi connectivity index (χ3n) is 3.76. The molecule has 41 heavy (non-hydrogen) atoms. The van der Waals surface area contributed by atoms with Crippen LogP contribution in [0.1, 0.15) is 90.5 Å². The lowest BCUT2D eigenvalue weighted by Crippen LogP contribution is -1.62. The lowest BCUT2D eigenvalue weighted by atomic mass is 9.88. The van der Waals surface area contributed by atoms with E-state index < -0.39 is 0 Å². The summed E-state index contributed by atoms with van der Waals surface area (Å²) in [5, 5.41) is 0. The lowest BCUT2D eigenvalue weighted by molar-refractivity contribution is 1.09. The first-order valence-electron chi connectivity index (χ1n) is 15.6. The van der Waals surface area contributed by atoms with Crippen LogP contribution in [0.5, 0.6) is 0 Å². The van der Waals surface area contributed by atoms with Crippen LogP contribution in [0.4, 0.5) is 0 Å². The van der Waals surface area contributed by atoms with Crippen molar-refractivity contribution in [2.24, 2.45) is 0 Å². The summed E-state index contributed by atoms with van der Waals surface area (Å²) in [4.78, 5) is 0. The van der Waals surface area contributed by atoms with Crippen LogP contribution in [-0.2, 0) is 0 Å². The molecule has 229 valence electrons.